The molecule has 3 fully saturated rings. The Morgan fingerprint density at radius 3 is 1.35 bits per heavy atom. The quantitative estimate of drug-likeness (QED) is 0.0849. The van der Waals surface area contributed by atoms with E-state index in [-0.39, 0.29) is 91.9 Å². The van der Waals surface area contributed by atoms with Crippen LogP contribution >= 0.6 is 0 Å². The highest BCUT2D eigenvalue weighted by Gasteiger charge is 2.68. The van der Waals surface area contributed by atoms with E-state index in [4.69, 9.17) is 24.1 Å². The molecule has 6 aliphatic carbocycles. The molecule has 1 amide bonds. The lowest BCUT2D eigenvalue weighted by molar-refractivity contribution is 0.168. The molecule has 113 heavy (non-hydrogen) atoms. The Labute approximate surface area is 646 Å². The Kier molecular flexibility index (Phi) is 18.8. The van der Waals surface area contributed by atoms with Crippen LogP contribution in [0.4, 0.5) is 42.8 Å². The SMILES string of the molecule is CC1(C)[C@H]2CC[C@]1(c1cncc(-c3ccc(NS(C)(=O)=O)nc3)n1)c1nnc(-c3c(F)cccc3F)cc12.CCOC(=O)Nc1coc(-c2cncc([C@@]34CC[C@@H](c5cc(-c6c(F)cccc6F)nnc53)C4(C)C)n2)n1.CC[C@@H](C)Cn1cc(-c2cncc([C@@]34CC[C@@H](c5cc(-c6c(F)cccc6F)nnc53)C4(C)C)n2)cn1. The van der Waals surface area contributed by atoms with Crippen molar-refractivity contribution in [2.24, 2.45) is 22.2 Å². The molecule has 23 nitrogen and oxygen atoms in total. The first-order chi connectivity index (χ1) is 54.0. The molecule has 9 heterocycles. The number of pyridine rings is 1. The number of hydrogen-bond donors (Lipinski definition) is 2. The van der Waals surface area contributed by atoms with Crippen molar-refractivity contribution in [2.75, 3.05) is 22.9 Å². The maximum atomic E-state index is 14.5. The average molecular weight is 1550 g/mol. The number of hydrogen-bond acceptors (Lipinski definition) is 20. The molecule has 578 valence electrons. The second-order valence-corrected chi connectivity index (χ2v) is 33.3. The minimum atomic E-state index is -3.44. The zero-order valence-electron chi connectivity index (χ0n) is 63.4. The third-order valence-electron chi connectivity index (χ3n) is 24.7. The highest BCUT2D eigenvalue weighted by atomic mass is 32.2. The third kappa shape index (κ3) is 12.3. The van der Waals surface area contributed by atoms with Gasteiger partial charge in [-0.3, -0.25) is 29.7 Å². The van der Waals surface area contributed by atoms with Gasteiger partial charge in [0.2, 0.25) is 15.9 Å². The van der Waals surface area contributed by atoms with Crippen LogP contribution in [-0.4, -0.2) is 108 Å². The highest BCUT2D eigenvalue weighted by Crippen LogP contribution is 2.72. The number of nitrogens with zero attached hydrogens (tertiary/aromatic N) is 16. The molecule has 0 spiro atoms. The maximum Gasteiger partial charge on any atom is 0.412 e. The van der Waals surface area contributed by atoms with E-state index in [2.05, 4.69) is 126 Å². The van der Waals surface area contributed by atoms with Crippen molar-refractivity contribution >= 4 is 27.8 Å². The van der Waals surface area contributed by atoms with Crippen LogP contribution in [0.2, 0.25) is 0 Å². The summed E-state index contributed by atoms with van der Waals surface area (Å²) in [6, 6.07) is 20.0. The van der Waals surface area contributed by atoms with E-state index < -0.39 is 67.3 Å². The summed E-state index contributed by atoms with van der Waals surface area (Å²) in [5.41, 5.74) is 8.33. The van der Waals surface area contributed by atoms with E-state index in [1.54, 1.807) is 62.2 Å². The van der Waals surface area contributed by atoms with E-state index in [1.807, 2.05) is 29.3 Å². The Hall–Kier alpha value is -11.7. The summed E-state index contributed by atoms with van der Waals surface area (Å²) in [5.74, 6) is -2.51. The van der Waals surface area contributed by atoms with Gasteiger partial charge in [0.15, 0.2) is 5.82 Å². The van der Waals surface area contributed by atoms with E-state index in [0.717, 1.165) is 114 Å². The van der Waals surface area contributed by atoms with Crippen LogP contribution in [0, 0.1) is 57.1 Å². The lowest BCUT2D eigenvalue weighted by Gasteiger charge is -2.37. The van der Waals surface area contributed by atoms with Crippen molar-refractivity contribution in [3.63, 3.8) is 0 Å². The number of anilines is 2. The van der Waals surface area contributed by atoms with Crippen molar-refractivity contribution in [2.45, 2.75) is 148 Å². The fourth-order valence-corrected chi connectivity index (χ4v) is 19.4. The number of aromatic nitrogens is 16. The predicted octanol–water partition coefficient (Wildman–Crippen LogP) is 16.8. The monoisotopic (exact) mass is 1550 g/mol. The molecule has 12 aromatic rings. The third-order valence-corrected chi connectivity index (χ3v) is 25.3. The van der Waals surface area contributed by atoms with Crippen molar-refractivity contribution in [1.82, 2.24) is 80.2 Å². The number of carbonyl (C=O) groups is 1. The molecule has 0 radical (unpaired) electrons. The van der Waals surface area contributed by atoms with E-state index in [1.165, 1.54) is 67.1 Å². The van der Waals surface area contributed by atoms with Crippen LogP contribution in [0.25, 0.3) is 67.9 Å². The molecule has 3 saturated carbocycles. The number of rotatable bonds is 16. The van der Waals surface area contributed by atoms with Crippen molar-refractivity contribution in [3.8, 4) is 67.9 Å². The Morgan fingerprint density at radius 1 is 0.531 bits per heavy atom. The van der Waals surface area contributed by atoms with Crippen LogP contribution in [0.5, 0.6) is 0 Å². The van der Waals surface area contributed by atoms with Gasteiger partial charge in [0.05, 0.1) is 133 Å². The summed E-state index contributed by atoms with van der Waals surface area (Å²) in [6.07, 6.45) is 23.5. The molecule has 18 rings (SSSR count). The zero-order valence-corrected chi connectivity index (χ0v) is 64.2. The van der Waals surface area contributed by atoms with E-state index in [9.17, 15) is 39.6 Å². The molecule has 9 aromatic heterocycles. The molecular weight excluding hydrogens is 1480 g/mol. The molecule has 0 aliphatic heterocycles. The summed E-state index contributed by atoms with van der Waals surface area (Å²) in [5, 5.41) is 33.6. The Bertz CT molecular complexity index is 5830. The molecule has 6 bridgehead atoms. The normalized spacial score (nSPS) is 21.5. The first-order valence-corrected chi connectivity index (χ1v) is 39.2. The second-order valence-electron chi connectivity index (χ2n) is 31.6. The Morgan fingerprint density at radius 2 is 0.947 bits per heavy atom. The predicted molar refractivity (Wildman–Crippen MR) is 406 cm³/mol. The van der Waals surface area contributed by atoms with Gasteiger partial charge in [-0.2, -0.15) is 25.4 Å². The molecule has 7 atom stereocenters. The number of sulfonamides is 1. The summed E-state index contributed by atoms with van der Waals surface area (Å²) < 4.78 is 125. The molecule has 2 N–H and O–H groups in total. The minimum absolute atomic E-state index is 0.0918. The van der Waals surface area contributed by atoms with Gasteiger partial charge >= 0.3 is 6.09 Å². The topological polar surface area (TPSA) is 296 Å². The van der Waals surface area contributed by atoms with Gasteiger partial charge in [-0.05, 0) is 169 Å². The van der Waals surface area contributed by atoms with Crippen molar-refractivity contribution in [1.29, 1.82) is 0 Å². The first kappa shape index (κ1) is 75.4. The number of oxazole rings is 1. The van der Waals surface area contributed by atoms with E-state index in [0.29, 0.717) is 28.6 Å². The number of fused-ring (bicyclic) bond motifs is 15. The number of benzene rings is 3. The number of halogens is 6. The molecule has 3 aromatic carbocycles. The van der Waals surface area contributed by atoms with Gasteiger partial charge in [-0.15, -0.1) is 15.3 Å². The van der Waals surface area contributed by atoms with Gasteiger partial charge in [-0.25, -0.2) is 59.5 Å². The lowest BCUT2D eigenvalue weighted by Crippen LogP contribution is -2.38. The second kappa shape index (κ2) is 28.2. The molecule has 6 aliphatic rings. The van der Waals surface area contributed by atoms with Crippen LogP contribution in [-0.2, 0) is 37.5 Å². The van der Waals surface area contributed by atoms with Crippen LogP contribution < -0.4 is 10.0 Å². The summed E-state index contributed by atoms with van der Waals surface area (Å²) in [6.45, 7) is 20.3. The van der Waals surface area contributed by atoms with E-state index >= 15 is 0 Å². The summed E-state index contributed by atoms with van der Waals surface area (Å²) >= 11 is 0. The smallest absolute Gasteiger partial charge is 0.412 e. The first-order valence-electron chi connectivity index (χ1n) is 37.3. The molecule has 0 saturated heterocycles. The van der Waals surface area contributed by atoms with Crippen molar-refractivity contribution in [3.05, 3.63) is 233 Å². The van der Waals surface area contributed by atoms with Crippen LogP contribution in [0.15, 0.2) is 151 Å². The highest BCUT2D eigenvalue weighted by molar-refractivity contribution is 7.92. The number of ether oxygens (including phenoxy) is 1. The zero-order chi connectivity index (χ0) is 79.5. The van der Waals surface area contributed by atoms with Gasteiger partial charge in [-0.1, -0.05) is 80.0 Å². The largest absolute Gasteiger partial charge is 0.450 e. The number of nitrogens with one attached hydrogen (secondary N) is 2. The van der Waals surface area contributed by atoms with Crippen LogP contribution in [0.1, 0.15) is 176 Å². The van der Waals surface area contributed by atoms with Gasteiger partial charge < -0.3 is 9.15 Å². The molecule has 30 heteroatoms. The average Bonchev–Trinajstić information content (AvgIpc) is 1.53. The fraction of sp³-hybridized carbons (Fsp3) is 0.349. The summed E-state index contributed by atoms with van der Waals surface area (Å²) in [4.78, 5) is 48.6. The number of carbonyl (C=O) groups excluding carboxylic acids is 1. The molecule has 0 unspecified atom stereocenters. The summed E-state index contributed by atoms with van der Waals surface area (Å²) in [7, 11) is -3.44. The maximum absolute atomic E-state index is 14.5. The van der Waals surface area contributed by atoms with Crippen LogP contribution in [0.3, 0.4) is 0 Å². The van der Waals surface area contributed by atoms with Gasteiger partial charge in [0, 0.05) is 48.7 Å². The standard InChI is InChI=1S/C29H30F2N6.C27H24F2N6O3.C27H24F2N6O2S/c1-5-17(2)15-37-16-18(12-33-37)24-13-32-14-25(34-24)29-10-9-20(28(29,3)4)19-11-23(35-36-27(19)29)26-21(30)7-6-8-22(26)31;1-4-37-25(36)33-21-13-38-24(32-21)19-11-30-12-20(31-19)27-9-8-15(26(27,2)3)14-10-18(34-35-23(14)27)22-16(28)6-5-7-17(22)29;1-26(2)17-9-10-27(26,25-16(17)11-20(33-34-25)24-18(28)5-4-6-19(24)29)22-14-30-13-21(32-22)15-7-8-23(31-12-15)35-38(3,36)37/h6-8,11-14,16-17,20H,5,9-10,15H2,1-4H3;5-7,10-13,15H,4,8-9H2,1-3H3,(H,33,36);4-8,11-14,17H,9-10H2,1-3H3,(H,31,35)/t17-,20+,29+;15-,27-;17-,27-/m100/s1. The fourth-order valence-electron chi connectivity index (χ4n) is 18.9. The van der Waals surface area contributed by atoms with Gasteiger partial charge in [0.1, 0.15) is 52.7 Å². The number of amides is 1. The molecular formula is C83H78F6N18O5S. The minimum Gasteiger partial charge on any atom is -0.450 e. The Balaban J connectivity index is 0.000000128. The van der Waals surface area contributed by atoms with Crippen molar-refractivity contribution < 1.29 is 48.7 Å². The lowest BCUT2D eigenvalue weighted by atomic mass is 9.66. The van der Waals surface area contributed by atoms with Gasteiger partial charge in [0.25, 0.3) is 0 Å².